The molecule has 0 amide bonds. The molecule has 0 spiro atoms. The summed E-state index contributed by atoms with van der Waals surface area (Å²) in [6.45, 7) is 6.14. The minimum Gasteiger partial charge on any atom is -0.459 e. The van der Waals surface area contributed by atoms with E-state index in [-0.39, 0.29) is 23.0 Å². The van der Waals surface area contributed by atoms with Crippen molar-refractivity contribution in [1.82, 2.24) is 0 Å². The Bertz CT molecular complexity index is 163. The van der Waals surface area contributed by atoms with Crippen molar-refractivity contribution in [3.8, 4) is 0 Å². The van der Waals surface area contributed by atoms with E-state index in [1.54, 1.807) is 6.92 Å². The lowest BCUT2D eigenvalue weighted by Gasteiger charge is -1.99. The van der Waals surface area contributed by atoms with Crippen LogP contribution in [0.15, 0.2) is 12.2 Å². The number of carbonyl (C=O) groups is 1. The summed E-state index contributed by atoms with van der Waals surface area (Å²) in [5.41, 5.74) is 0.431. The summed E-state index contributed by atoms with van der Waals surface area (Å²) in [6.07, 6.45) is 0.142. The lowest BCUT2D eigenvalue weighted by Crippen LogP contribution is -2.09. The minimum atomic E-state index is -0.337. The van der Waals surface area contributed by atoms with Gasteiger partial charge in [-0.3, -0.25) is 0 Å². The number of rotatable bonds is 3. The molecule has 1 aliphatic heterocycles. The molecule has 0 bridgehead atoms. The highest BCUT2D eigenvalue weighted by Gasteiger charge is 2.24. The van der Waals surface area contributed by atoms with Crippen molar-refractivity contribution < 1.29 is 14.3 Å². The maximum Gasteiger partial charge on any atom is 0.333 e. The fourth-order valence-electron chi connectivity index (χ4n) is 0.456. The van der Waals surface area contributed by atoms with Gasteiger partial charge in [0.1, 0.15) is 12.7 Å². The molecule has 1 fully saturated rings. The summed E-state index contributed by atoms with van der Waals surface area (Å²) in [5.74, 6) is -0.337. The summed E-state index contributed by atoms with van der Waals surface area (Å²) in [7, 11) is 0. The molecular weight excluding hydrogens is 160 g/mol. The highest BCUT2D eigenvalue weighted by Crippen LogP contribution is 2.09. The van der Waals surface area contributed by atoms with Crippen molar-refractivity contribution in [1.29, 1.82) is 0 Å². The van der Waals surface area contributed by atoms with Gasteiger partial charge in [0.2, 0.25) is 0 Å². The average Bonchev–Trinajstić information content (AvgIpc) is 2.64. The lowest BCUT2D eigenvalue weighted by molar-refractivity contribution is -0.139. The zero-order chi connectivity index (χ0) is 7.56. The monoisotopic (exact) mass is 174 g/mol. The Hall–Kier alpha value is -0.613. The highest BCUT2D eigenvalue weighted by atomic mass is 28.1. The molecule has 1 heterocycles. The Balaban J connectivity index is 0.000001000. The summed E-state index contributed by atoms with van der Waals surface area (Å²) in [4.78, 5) is 10.7. The molecule has 1 saturated heterocycles. The molecule has 1 rings (SSSR count). The van der Waals surface area contributed by atoms with Gasteiger partial charge in [-0.15, -0.1) is 0 Å². The van der Waals surface area contributed by atoms with Gasteiger partial charge in [0.05, 0.1) is 6.61 Å². The molecule has 1 aliphatic rings. The lowest BCUT2D eigenvalue weighted by atomic mass is 10.4. The van der Waals surface area contributed by atoms with Crippen molar-refractivity contribution in [2.45, 2.75) is 13.0 Å². The first kappa shape index (κ1) is 10.4. The van der Waals surface area contributed by atoms with Crippen LogP contribution in [0.1, 0.15) is 6.92 Å². The smallest absolute Gasteiger partial charge is 0.333 e. The predicted molar refractivity (Wildman–Crippen MR) is 46.8 cm³/mol. The van der Waals surface area contributed by atoms with Gasteiger partial charge in [-0.05, 0) is 17.9 Å². The second-order valence-electron chi connectivity index (χ2n) is 2.33. The predicted octanol–water partition coefficient (Wildman–Crippen LogP) is -0.947. The molecule has 0 saturated carbocycles. The van der Waals surface area contributed by atoms with Gasteiger partial charge < -0.3 is 9.47 Å². The molecule has 4 heteroatoms. The first-order valence-electron chi connectivity index (χ1n) is 3.14. The molecule has 0 radical (unpaired) electrons. The van der Waals surface area contributed by atoms with Gasteiger partial charge in [0.25, 0.3) is 0 Å². The highest BCUT2D eigenvalue weighted by molar-refractivity contribution is 5.86. The van der Waals surface area contributed by atoms with Crippen LogP contribution in [0, 0.1) is 0 Å². The van der Waals surface area contributed by atoms with Crippen molar-refractivity contribution in [3.63, 3.8) is 0 Å². The minimum absolute atomic E-state index is 0. The van der Waals surface area contributed by atoms with Crippen LogP contribution in [0.25, 0.3) is 0 Å². The fraction of sp³-hybridized carbons (Fsp3) is 0.571. The zero-order valence-corrected chi connectivity index (χ0v) is 5.92. The van der Waals surface area contributed by atoms with E-state index in [4.69, 9.17) is 9.47 Å². The molecule has 0 aromatic rings. The van der Waals surface area contributed by atoms with Crippen LogP contribution in [0.2, 0.25) is 0 Å². The zero-order valence-electron chi connectivity index (χ0n) is 5.92. The molecule has 1 atom stereocenters. The number of epoxide rings is 1. The van der Waals surface area contributed by atoms with E-state index < -0.39 is 0 Å². The molecule has 0 aliphatic carbocycles. The third kappa shape index (κ3) is 3.95. The number of hydrogen-bond donors (Lipinski definition) is 0. The van der Waals surface area contributed by atoms with Crippen LogP contribution in [0.5, 0.6) is 0 Å². The Morgan fingerprint density at radius 1 is 1.82 bits per heavy atom. The molecule has 64 valence electrons. The quantitative estimate of drug-likeness (QED) is 0.240. The molecule has 11 heavy (non-hydrogen) atoms. The van der Waals surface area contributed by atoms with Crippen LogP contribution >= 0.6 is 0 Å². The summed E-state index contributed by atoms with van der Waals surface area (Å²) < 4.78 is 9.60. The van der Waals surface area contributed by atoms with E-state index in [1.807, 2.05) is 0 Å². The maximum atomic E-state index is 10.7. The van der Waals surface area contributed by atoms with Gasteiger partial charge in [0, 0.05) is 5.57 Å². The van der Waals surface area contributed by atoms with Gasteiger partial charge in [-0.25, -0.2) is 4.79 Å². The van der Waals surface area contributed by atoms with E-state index in [0.717, 1.165) is 0 Å². The van der Waals surface area contributed by atoms with Crippen LogP contribution in [0.4, 0.5) is 0 Å². The van der Waals surface area contributed by atoms with E-state index in [0.29, 0.717) is 18.8 Å². The van der Waals surface area contributed by atoms with Crippen molar-refractivity contribution in [2.75, 3.05) is 13.2 Å². The summed E-state index contributed by atoms with van der Waals surface area (Å²) in [6, 6.07) is 0. The number of ether oxygens (including phenoxy) is 2. The van der Waals surface area contributed by atoms with Crippen molar-refractivity contribution in [2.24, 2.45) is 0 Å². The van der Waals surface area contributed by atoms with Crippen molar-refractivity contribution in [3.05, 3.63) is 12.2 Å². The van der Waals surface area contributed by atoms with Crippen LogP contribution in [-0.4, -0.2) is 36.3 Å². The third-order valence-corrected chi connectivity index (χ3v) is 1.15. The van der Waals surface area contributed by atoms with E-state index in [1.165, 1.54) is 0 Å². The fourth-order valence-corrected chi connectivity index (χ4v) is 0.456. The largest absolute Gasteiger partial charge is 0.459 e. The second kappa shape index (κ2) is 4.30. The first-order valence-corrected chi connectivity index (χ1v) is 3.14. The van der Waals surface area contributed by atoms with Crippen molar-refractivity contribution >= 4 is 16.9 Å². The number of esters is 1. The number of carbonyl (C=O) groups excluding carboxylic acids is 1. The molecule has 0 aromatic heterocycles. The van der Waals surface area contributed by atoms with Crippen LogP contribution in [0.3, 0.4) is 0 Å². The van der Waals surface area contributed by atoms with E-state index in [9.17, 15) is 4.79 Å². The summed E-state index contributed by atoms with van der Waals surface area (Å²) >= 11 is 0. The topological polar surface area (TPSA) is 38.8 Å². The van der Waals surface area contributed by atoms with Crippen LogP contribution in [-0.2, 0) is 14.3 Å². The van der Waals surface area contributed by atoms with Gasteiger partial charge in [-0.1, -0.05) is 6.58 Å². The molecule has 0 N–H and O–H groups in total. The average molecular weight is 174 g/mol. The molecule has 1 unspecified atom stereocenters. The Morgan fingerprint density at radius 2 is 2.36 bits per heavy atom. The Kier molecular flexibility index (Phi) is 4.06. The Labute approximate surface area is 70.4 Å². The molecule has 3 nitrogen and oxygen atoms in total. The standard InChI is InChI=1S/C7H10O3.H4Si/c1-5(2)7(8)10-4-6-3-9-6;/h6H,1,3-4H2,2H3;1H4. The maximum absolute atomic E-state index is 10.7. The Morgan fingerprint density at radius 3 is 2.73 bits per heavy atom. The molecule has 0 aromatic carbocycles. The van der Waals surface area contributed by atoms with E-state index >= 15 is 0 Å². The number of hydrogen-bond acceptors (Lipinski definition) is 3. The SMILES string of the molecule is C=C(C)C(=O)OCC1CO1.[SiH4]. The summed E-state index contributed by atoms with van der Waals surface area (Å²) in [5, 5.41) is 0. The van der Waals surface area contributed by atoms with E-state index in [2.05, 4.69) is 6.58 Å². The second-order valence-corrected chi connectivity index (χ2v) is 2.33. The van der Waals surface area contributed by atoms with Gasteiger partial charge >= 0.3 is 5.97 Å². The van der Waals surface area contributed by atoms with Gasteiger partial charge in [0.15, 0.2) is 0 Å². The van der Waals surface area contributed by atoms with Gasteiger partial charge in [-0.2, -0.15) is 0 Å². The van der Waals surface area contributed by atoms with Crippen LogP contribution < -0.4 is 0 Å². The third-order valence-electron chi connectivity index (χ3n) is 1.15. The molecular formula is C7H14O3Si. The first-order chi connectivity index (χ1) is 4.70. The normalized spacial score (nSPS) is 19.9.